The molecule has 150 valence electrons. The van der Waals surface area contributed by atoms with Crippen molar-refractivity contribution < 1.29 is 14.0 Å². The summed E-state index contributed by atoms with van der Waals surface area (Å²) in [6.45, 7) is 6.76. The number of rotatable bonds is 9. The van der Waals surface area contributed by atoms with Crippen LogP contribution in [-0.4, -0.2) is 29.3 Å². The van der Waals surface area contributed by atoms with Crippen LogP contribution in [-0.2, 0) is 22.6 Å². The number of nitrogens with zero attached hydrogens (tertiary/aromatic N) is 1. The van der Waals surface area contributed by atoms with Crippen LogP contribution >= 0.6 is 0 Å². The summed E-state index contributed by atoms with van der Waals surface area (Å²) in [7, 11) is 0. The van der Waals surface area contributed by atoms with Crippen molar-refractivity contribution in [2.24, 2.45) is 0 Å². The minimum atomic E-state index is -0.593. The quantitative estimate of drug-likeness (QED) is 0.664. The summed E-state index contributed by atoms with van der Waals surface area (Å²) in [4.78, 5) is 27.2. The van der Waals surface area contributed by atoms with Crippen molar-refractivity contribution in [1.29, 1.82) is 0 Å². The maximum atomic E-state index is 13.1. The van der Waals surface area contributed by atoms with E-state index in [-0.39, 0.29) is 24.1 Å². The molecule has 0 heterocycles. The first-order valence-electron chi connectivity index (χ1n) is 9.78. The molecule has 0 aliphatic rings. The van der Waals surface area contributed by atoms with E-state index >= 15 is 0 Å². The predicted octanol–water partition coefficient (Wildman–Crippen LogP) is 4.01. The maximum Gasteiger partial charge on any atom is 0.242 e. The summed E-state index contributed by atoms with van der Waals surface area (Å²) < 4.78 is 13.1. The van der Waals surface area contributed by atoms with Crippen LogP contribution in [0.25, 0.3) is 0 Å². The van der Waals surface area contributed by atoms with Crippen LogP contribution in [0.15, 0.2) is 48.5 Å². The van der Waals surface area contributed by atoms with Crippen LogP contribution in [0, 0.1) is 12.7 Å². The molecule has 5 heteroatoms. The summed E-state index contributed by atoms with van der Waals surface area (Å²) >= 11 is 0. The van der Waals surface area contributed by atoms with E-state index in [0.717, 1.165) is 29.5 Å². The normalized spacial score (nSPS) is 11.7. The summed E-state index contributed by atoms with van der Waals surface area (Å²) in [5.74, 6) is -0.654. The fourth-order valence-corrected chi connectivity index (χ4v) is 2.97. The van der Waals surface area contributed by atoms with Gasteiger partial charge in [0.15, 0.2) is 0 Å². The van der Waals surface area contributed by atoms with Crippen molar-refractivity contribution in [3.8, 4) is 0 Å². The third-order valence-corrected chi connectivity index (χ3v) is 4.87. The van der Waals surface area contributed by atoms with Gasteiger partial charge in [-0.15, -0.1) is 0 Å². The number of nitrogens with one attached hydrogen (secondary N) is 1. The van der Waals surface area contributed by atoms with Gasteiger partial charge in [-0.05, 0) is 49.1 Å². The van der Waals surface area contributed by atoms with Gasteiger partial charge in [-0.2, -0.15) is 0 Å². The highest BCUT2D eigenvalue weighted by Gasteiger charge is 2.26. The van der Waals surface area contributed by atoms with Crippen LogP contribution in [0.5, 0.6) is 0 Å². The zero-order chi connectivity index (χ0) is 20.5. The molecular weight excluding hydrogens is 355 g/mol. The van der Waals surface area contributed by atoms with Crippen LogP contribution in [0.4, 0.5) is 4.39 Å². The van der Waals surface area contributed by atoms with E-state index in [0.29, 0.717) is 13.1 Å². The van der Waals surface area contributed by atoms with E-state index < -0.39 is 6.04 Å². The second-order valence-electron chi connectivity index (χ2n) is 7.07. The Kier molecular flexibility index (Phi) is 8.18. The summed E-state index contributed by atoms with van der Waals surface area (Å²) in [6.07, 6.45) is 2.02. The molecule has 2 rings (SSSR count). The van der Waals surface area contributed by atoms with Gasteiger partial charge in [0, 0.05) is 13.1 Å². The number of amides is 2. The molecule has 1 N–H and O–H groups in total. The fourth-order valence-electron chi connectivity index (χ4n) is 2.97. The molecule has 0 aliphatic carbocycles. The van der Waals surface area contributed by atoms with E-state index in [2.05, 4.69) is 12.2 Å². The second kappa shape index (κ2) is 10.6. The van der Waals surface area contributed by atoms with Gasteiger partial charge in [0.2, 0.25) is 11.8 Å². The Labute approximate surface area is 166 Å². The van der Waals surface area contributed by atoms with Crippen molar-refractivity contribution in [3.05, 3.63) is 71.0 Å². The first-order valence-corrected chi connectivity index (χ1v) is 9.78. The number of halogens is 1. The van der Waals surface area contributed by atoms with Crippen LogP contribution < -0.4 is 5.32 Å². The number of unbranched alkanes of at least 4 members (excludes halogenated alkanes) is 1. The third-order valence-electron chi connectivity index (χ3n) is 4.87. The Morgan fingerprint density at radius 3 is 2.43 bits per heavy atom. The van der Waals surface area contributed by atoms with E-state index in [1.54, 1.807) is 24.0 Å². The Hall–Kier alpha value is -2.69. The number of benzene rings is 2. The highest BCUT2D eigenvalue weighted by molar-refractivity contribution is 5.88. The molecular formula is C23H29FN2O2. The molecule has 1 unspecified atom stereocenters. The highest BCUT2D eigenvalue weighted by atomic mass is 19.1. The molecule has 4 nitrogen and oxygen atoms in total. The monoisotopic (exact) mass is 384 g/mol. The van der Waals surface area contributed by atoms with Gasteiger partial charge in [0.25, 0.3) is 0 Å². The highest BCUT2D eigenvalue weighted by Crippen LogP contribution is 2.15. The van der Waals surface area contributed by atoms with Gasteiger partial charge in [-0.1, -0.05) is 49.7 Å². The molecule has 2 amide bonds. The second-order valence-corrected chi connectivity index (χ2v) is 7.07. The van der Waals surface area contributed by atoms with E-state index in [4.69, 9.17) is 0 Å². The number of hydrogen-bond donors (Lipinski definition) is 1. The molecule has 0 bridgehead atoms. The average molecular weight is 384 g/mol. The maximum absolute atomic E-state index is 13.1. The van der Waals surface area contributed by atoms with Gasteiger partial charge < -0.3 is 10.2 Å². The molecule has 1 atom stereocenters. The topological polar surface area (TPSA) is 49.4 Å². The van der Waals surface area contributed by atoms with E-state index in [1.807, 2.05) is 31.2 Å². The third kappa shape index (κ3) is 6.19. The Morgan fingerprint density at radius 2 is 1.79 bits per heavy atom. The summed E-state index contributed by atoms with van der Waals surface area (Å²) in [6, 6.07) is 13.1. The lowest BCUT2D eigenvalue weighted by atomic mass is 10.1. The average Bonchev–Trinajstić information content (AvgIpc) is 2.68. The van der Waals surface area contributed by atoms with Crippen molar-refractivity contribution in [1.82, 2.24) is 10.2 Å². The Morgan fingerprint density at radius 1 is 1.11 bits per heavy atom. The lowest BCUT2D eigenvalue weighted by Crippen LogP contribution is -2.48. The molecule has 28 heavy (non-hydrogen) atoms. The number of aryl methyl sites for hydroxylation is 1. The van der Waals surface area contributed by atoms with Crippen LogP contribution in [0.2, 0.25) is 0 Å². The minimum Gasteiger partial charge on any atom is -0.354 e. The Bertz CT molecular complexity index is 789. The summed E-state index contributed by atoms with van der Waals surface area (Å²) in [5, 5.41) is 2.91. The van der Waals surface area contributed by atoms with Gasteiger partial charge in [-0.3, -0.25) is 9.59 Å². The number of hydrogen-bond acceptors (Lipinski definition) is 2. The molecule has 0 aliphatic heterocycles. The Balaban J connectivity index is 2.19. The fraction of sp³-hybridized carbons (Fsp3) is 0.391. The van der Waals surface area contributed by atoms with Crippen molar-refractivity contribution in [3.63, 3.8) is 0 Å². The van der Waals surface area contributed by atoms with Crippen LogP contribution in [0.3, 0.4) is 0 Å². The van der Waals surface area contributed by atoms with Crippen molar-refractivity contribution >= 4 is 11.8 Å². The zero-order valence-electron chi connectivity index (χ0n) is 16.9. The van der Waals surface area contributed by atoms with Gasteiger partial charge in [0.05, 0.1) is 6.42 Å². The lowest BCUT2D eigenvalue weighted by Gasteiger charge is -2.29. The number of carbonyl (C=O) groups excluding carboxylic acids is 2. The molecule has 0 saturated carbocycles. The van der Waals surface area contributed by atoms with Gasteiger partial charge in [-0.25, -0.2) is 4.39 Å². The smallest absolute Gasteiger partial charge is 0.242 e. The predicted molar refractivity (Wildman–Crippen MR) is 109 cm³/mol. The first kappa shape index (κ1) is 21.6. The molecule has 0 saturated heterocycles. The van der Waals surface area contributed by atoms with Crippen LogP contribution in [0.1, 0.15) is 43.4 Å². The molecule has 2 aromatic carbocycles. The molecule has 0 radical (unpaired) electrons. The number of carbonyl (C=O) groups is 2. The SMILES string of the molecule is CCCCNC(=O)C(C)N(Cc1ccccc1C)C(=O)Cc1ccc(F)cc1. The first-order chi connectivity index (χ1) is 13.4. The molecule has 0 fully saturated rings. The molecule has 0 aromatic heterocycles. The molecule has 2 aromatic rings. The van der Waals surface area contributed by atoms with Gasteiger partial charge in [0.1, 0.15) is 11.9 Å². The molecule has 0 spiro atoms. The largest absolute Gasteiger partial charge is 0.354 e. The lowest BCUT2D eigenvalue weighted by molar-refractivity contribution is -0.140. The van der Waals surface area contributed by atoms with E-state index in [9.17, 15) is 14.0 Å². The minimum absolute atomic E-state index is 0.124. The standard InChI is InChI=1S/C23H29FN2O2/c1-4-5-14-25-23(28)18(3)26(16-20-9-7-6-8-17(20)2)22(27)15-19-10-12-21(24)13-11-19/h6-13,18H,4-5,14-16H2,1-3H3,(H,25,28). The van der Waals surface area contributed by atoms with Crippen molar-refractivity contribution in [2.45, 2.75) is 52.6 Å². The zero-order valence-corrected chi connectivity index (χ0v) is 16.9. The van der Waals surface area contributed by atoms with Crippen molar-refractivity contribution in [2.75, 3.05) is 6.54 Å². The van der Waals surface area contributed by atoms with E-state index in [1.165, 1.54) is 12.1 Å². The summed E-state index contributed by atoms with van der Waals surface area (Å²) in [5.41, 5.74) is 2.80. The van der Waals surface area contributed by atoms with Gasteiger partial charge >= 0.3 is 0 Å².